The molecule has 0 aliphatic carbocycles. The lowest BCUT2D eigenvalue weighted by molar-refractivity contribution is -0.133. The quantitative estimate of drug-likeness (QED) is 0.903. The second-order valence-corrected chi connectivity index (χ2v) is 5.84. The molecule has 1 aliphatic rings. The Labute approximate surface area is 128 Å². The van der Waals surface area contributed by atoms with Crippen molar-refractivity contribution in [1.82, 2.24) is 10.2 Å². The second-order valence-electron chi connectivity index (χ2n) is 5.84. The molecule has 0 aromatic heterocycles. The van der Waals surface area contributed by atoms with Crippen molar-refractivity contribution >= 4 is 5.91 Å². The molecule has 1 aromatic rings. The Morgan fingerprint density at radius 2 is 2.05 bits per heavy atom. The molecular weight excluding hydrogens is 260 g/mol. The number of amides is 1. The zero-order valence-electron chi connectivity index (χ0n) is 13.6. The molecule has 0 bridgehead atoms. The summed E-state index contributed by atoms with van der Waals surface area (Å²) in [7, 11) is 0. The highest BCUT2D eigenvalue weighted by molar-refractivity contribution is 5.82. The van der Waals surface area contributed by atoms with Gasteiger partial charge in [0.05, 0.1) is 6.04 Å². The molecule has 1 fully saturated rings. The maximum Gasteiger partial charge on any atom is 0.239 e. The average Bonchev–Trinajstić information content (AvgIpc) is 2.56. The van der Waals surface area contributed by atoms with E-state index in [4.69, 9.17) is 0 Å². The Morgan fingerprint density at radius 3 is 2.71 bits per heavy atom. The Bertz CT molecular complexity index is 468. The maximum atomic E-state index is 12.5. The number of aryl methyl sites for hydroxylation is 1. The summed E-state index contributed by atoms with van der Waals surface area (Å²) in [5.41, 5.74) is 2.78. The number of rotatable bonds is 5. The largest absolute Gasteiger partial charge is 0.342 e. The summed E-state index contributed by atoms with van der Waals surface area (Å²) >= 11 is 0. The summed E-state index contributed by atoms with van der Waals surface area (Å²) in [6, 6.07) is 8.85. The molecule has 1 N–H and O–H groups in total. The summed E-state index contributed by atoms with van der Waals surface area (Å²) in [5.74, 6) is 0.763. The molecule has 3 nitrogen and oxygen atoms in total. The van der Waals surface area contributed by atoms with Gasteiger partial charge in [-0.15, -0.1) is 0 Å². The summed E-state index contributed by atoms with van der Waals surface area (Å²) in [6.45, 7) is 8.80. The van der Waals surface area contributed by atoms with Gasteiger partial charge in [-0.25, -0.2) is 0 Å². The predicted molar refractivity (Wildman–Crippen MR) is 87.5 cm³/mol. The first-order valence-corrected chi connectivity index (χ1v) is 8.30. The number of carbonyl (C=O) groups excluding carboxylic acids is 1. The fraction of sp³-hybridized carbons (Fsp3) is 0.611. The zero-order chi connectivity index (χ0) is 15.2. The van der Waals surface area contributed by atoms with E-state index in [0.717, 1.165) is 38.9 Å². The smallest absolute Gasteiger partial charge is 0.239 e. The highest BCUT2D eigenvalue weighted by atomic mass is 16.2. The molecule has 3 heteroatoms. The van der Waals surface area contributed by atoms with Crippen LogP contribution in [0.25, 0.3) is 0 Å². The first-order chi connectivity index (χ1) is 10.2. The van der Waals surface area contributed by atoms with Crippen LogP contribution in [0.15, 0.2) is 24.3 Å². The fourth-order valence-electron chi connectivity index (χ4n) is 3.23. The van der Waals surface area contributed by atoms with E-state index >= 15 is 0 Å². The third-order valence-electron chi connectivity index (χ3n) is 4.61. The SMILES string of the molecule is CCc1cccc(C2CCNC(C(=O)N(CC)CC)C2)c1. The van der Waals surface area contributed by atoms with Crippen molar-refractivity contribution in [3.8, 4) is 0 Å². The standard InChI is InChI=1S/C18H28N2O/c1-4-14-8-7-9-15(12-14)16-10-11-19-17(13-16)18(21)20(5-2)6-3/h7-9,12,16-17,19H,4-6,10-11,13H2,1-3H3. The van der Waals surface area contributed by atoms with E-state index in [1.807, 2.05) is 18.7 Å². The van der Waals surface area contributed by atoms with E-state index in [-0.39, 0.29) is 11.9 Å². The van der Waals surface area contributed by atoms with Crippen LogP contribution in [0, 0.1) is 0 Å². The Morgan fingerprint density at radius 1 is 1.29 bits per heavy atom. The number of hydrogen-bond donors (Lipinski definition) is 1. The van der Waals surface area contributed by atoms with Crippen molar-refractivity contribution < 1.29 is 4.79 Å². The minimum Gasteiger partial charge on any atom is -0.342 e. The van der Waals surface area contributed by atoms with E-state index in [1.54, 1.807) is 0 Å². The summed E-state index contributed by atoms with van der Waals surface area (Å²) in [4.78, 5) is 14.5. The number of benzene rings is 1. The van der Waals surface area contributed by atoms with Gasteiger partial charge in [-0.05, 0) is 56.7 Å². The van der Waals surface area contributed by atoms with Crippen LogP contribution in [-0.4, -0.2) is 36.5 Å². The van der Waals surface area contributed by atoms with Gasteiger partial charge in [-0.1, -0.05) is 31.2 Å². The number of carbonyl (C=O) groups is 1. The molecule has 21 heavy (non-hydrogen) atoms. The molecule has 116 valence electrons. The first kappa shape index (κ1) is 16.0. The average molecular weight is 288 g/mol. The van der Waals surface area contributed by atoms with Gasteiger partial charge in [0.2, 0.25) is 5.91 Å². The van der Waals surface area contributed by atoms with Gasteiger partial charge in [0, 0.05) is 13.1 Å². The van der Waals surface area contributed by atoms with E-state index in [2.05, 4.69) is 36.5 Å². The van der Waals surface area contributed by atoms with Crippen LogP contribution >= 0.6 is 0 Å². The normalized spacial score (nSPS) is 22.0. The zero-order valence-corrected chi connectivity index (χ0v) is 13.6. The van der Waals surface area contributed by atoms with Gasteiger partial charge in [0.15, 0.2) is 0 Å². The van der Waals surface area contributed by atoms with E-state index in [9.17, 15) is 4.79 Å². The molecule has 2 rings (SSSR count). The van der Waals surface area contributed by atoms with Crippen LogP contribution in [-0.2, 0) is 11.2 Å². The Kier molecular flexibility index (Phi) is 5.80. The van der Waals surface area contributed by atoms with Gasteiger partial charge < -0.3 is 10.2 Å². The van der Waals surface area contributed by atoms with Gasteiger partial charge >= 0.3 is 0 Å². The predicted octanol–water partition coefficient (Wildman–Crippen LogP) is 2.95. The number of piperidine rings is 1. The topological polar surface area (TPSA) is 32.3 Å². The van der Waals surface area contributed by atoms with Crippen LogP contribution in [0.4, 0.5) is 0 Å². The Hall–Kier alpha value is -1.35. The van der Waals surface area contributed by atoms with E-state index in [1.165, 1.54) is 11.1 Å². The van der Waals surface area contributed by atoms with Crippen LogP contribution in [0.2, 0.25) is 0 Å². The Balaban J connectivity index is 2.08. The molecule has 1 amide bonds. The molecular formula is C18H28N2O. The lowest BCUT2D eigenvalue weighted by Gasteiger charge is -2.33. The van der Waals surface area contributed by atoms with Crippen molar-refractivity contribution in [2.75, 3.05) is 19.6 Å². The van der Waals surface area contributed by atoms with Crippen molar-refractivity contribution in [3.05, 3.63) is 35.4 Å². The van der Waals surface area contributed by atoms with Crippen molar-refractivity contribution in [2.24, 2.45) is 0 Å². The van der Waals surface area contributed by atoms with Crippen LogP contribution in [0.5, 0.6) is 0 Å². The molecule has 1 heterocycles. The lowest BCUT2D eigenvalue weighted by atomic mass is 9.85. The molecule has 2 atom stereocenters. The molecule has 1 aliphatic heterocycles. The van der Waals surface area contributed by atoms with E-state index in [0.29, 0.717) is 5.92 Å². The number of hydrogen-bond acceptors (Lipinski definition) is 2. The molecule has 0 spiro atoms. The molecule has 2 unspecified atom stereocenters. The first-order valence-electron chi connectivity index (χ1n) is 8.30. The fourth-order valence-corrected chi connectivity index (χ4v) is 3.23. The van der Waals surface area contributed by atoms with Gasteiger partial charge in [0.1, 0.15) is 0 Å². The van der Waals surface area contributed by atoms with Gasteiger partial charge in [-0.2, -0.15) is 0 Å². The molecule has 1 saturated heterocycles. The maximum absolute atomic E-state index is 12.5. The highest BCUT2D eigenvalue weighted by Gasteiger charge is 2.29. The summed E-state index contributed by atoms with van der Waals surface area (Å²) in [6.07, 6.45) is 3.11. The van der Waals surface area contributed by atoms with Crippen molar-refractivity contribution in [3.63, 3.8) is 0 Å². The van der Waals surface area contributed by atoms with Crippen LogP contribution < -0.4 is 5.32 Å². The summed E-state index contributed by atoms with van der Waals surface area (Å²) < 4.78 is 0. The number of likely N-dealkylation sites (N-methyl/N-ethyl adjacent to an activating group) is 1. The summed E-state index contributed by atoms with van der Waals surface area (Å²) in [5, 5.41) is 3.41. The van der Waals surface area contributed by atoms with Gasteiger partial charge in [0.25, 0.3) is 0 Å². The third-order valence-corrected chi connectivity index (χ3v) is 4.61. The van der Waals surface area contributed by atoms with Crippen molar-refractivity contribution in [1.29, 1.82) is 0 Å². The monoisotopic (exact) mass is 288 g/mol. The molecule has 0 saturated carbocycles. The molecule has 1 aromatic carbocycles. The molecule has 0 radical (unpaired) electrons. The van der Waals surface area contributed by atoms with Gasteiger partial charge in [-0.3, -0.25) is 4.79 Å². The second kappa shape index (κ2) is 7.60. The van der Waals surface area contributed by atoms with Crippen molar-refractivity contribution in [2.45, 2.75) is 52.0 Å². The van der Waals surface area contributed by atoms with Crippen LogP contribution in [0.3, 0.4) is 0 Å². The minimum absolute atomic E-state index is 0.0195. The highest BCUT2D eigenvalue weighted by Crippen LogP contribution is 2.29. The minimum atomic E-state index is -0.0195. The third kappa shape index (κ3) is 3.85. The van der Waals surface area contributed by atoms with Crippen LogP contribution in [0.1, 0.15) is 50.7 Å². The lowest BCUT2D eigenvalue weighted by Crippen LogP contribution is -2.49. The van der Waals surface area contributed by atoms with E-state index < -0.39 is 0 Å². The number of nitrogens with one attached hydrogen (secondary N) is 1. The number of nitrogens with zero attached hydrogens (tertiary/aromatic N) is 1.